The Labute approximate surface area is 82.6 Å². The van der Waals surface area contributed by atoms with Crippen LogP contribution in [0, 0.1) is 0 Å². The molecule has 0 fully saturated rings. The van der Waals surface area contributed by atoms with Crippen molar-refractivity contribution in [2.75, 3.05) is 5.32 Å². The topological polar surface area (TPSA) is 24.9 Å². The van der Waals surface area contributed by atoms with Crippen LogP contribution in [0.1, 0.15) is 12.8 Å². The third kappa shape index (κ3) is 2.22. The number of anilines is 1. The van der Waals surface area contributed by atoms with Gasteiger partial charge in [0.05, 0.1) is 0 Å². The highest BCUT2D eigenvalue weighted by Crippen LogP contribution is 2.16. The molecule has 0 amide bonds. The van der Waals surface area contributed by atoms with Gasteiger partial charge in [-0.1, -0.05) is 29.8 Å². The number of pyridine rings is 1. The van der Waals surface area contributed by atoms with Gasteiger partial charge in [-0.2, -0.15) is 0 Å². The lowest BCUT2D eigenvalue weighted by Crippen LogP contribution is -2.15. The van der Waals surface area contributed by atoms with Crippen molar-refractivity contribution in [2.24, 2.45) is 0 Å². The molecule has 1 N–H and O–H groups in total. The van der Waals surface area contributed by atoms with Gasteiger partial charge in [0.1, 0.15) is 11.0 Å². The number of nitrogens with one attached hydrogen (secondary N) is 1. The summed E-state index contributed by atoms with van der Waals surface area (Å²) in [5, 5.41) is 3.86. The van der Waals surface area contributed by atoms with Crippen LogP contribution < -0.4 is 5.32 Å². The molecule has 68 valence electrons. The standard InChI is InChI=1S/C10H11ClN2/c11-9-6-3-7-10(13-9)12-8-4-1-2-5-8/h1-3,6-8H,4-5H2,(H,12,13). The highest BCUT2D eigenvalue weighted by molar-refractivity contribution is 6.29. The molecular weight excluding hydrogens is 184 g/mol. The van der Waals surface area contributed by atoms with Crippen LogP contribution in [0.2, 0.25) is 5.15 Å². The maximum atomic E-state index is 5.76. The third-order valence-electron chi connectivity index (χ3n) is 2.07. The summed E-state index contributed by atoms with van der Waals surface area (Å²) in [5.74, 6) is 0.862. The van der Waals surface area contributed by atoms with E-state index in [4.69, 9.17) is 11.6 Å². The van der Waals surface area contributed by atoms with Gasteiger partial charge in [0.15, 0.2) is 0 Å². The first-order chi connectivity index (χ1) is 6.34. The predicted octanol–water partition coefficient (Wildman–Crippen LogP) is 2.87. The number of hydrogen-bond acceptors (Lipinski definition) is 2. The zero-order chi connectivity index (χ0) is 9.10. The summed E-state index contributed by atoms with van der Waals surface area (Å²) < 4.78 is 0. The normalized spacial score (nSPS) is 16.4. The second-order valence-electron chi connectivity index (χ2n) is 3.13. The fourth-order valence-electron chi connectivity index (χ4n) is 1.43. The number of halogens is 1. The Bertz CT molecular complexity index is 314. The predicted molar refractivity (Wildman–Crippen MR) is 55.0 cm³/mol. The van der Waals surface area contributed by atoms with Crippen molar-refractivity contribution in [3.8, 4) is 0 Å². The van der Waals surface area contributed by atoms with Gasteiger partial charge in [-0.05, 0) is 25.0 Å². The van der Waals surface area contributed by atoms with Gasteiger partial charge in [0, 0.05) is 6.04 Å². The third-order valence-corrected chi connectivity index (χ3v) is 2.29. The van der Waals surface area contributed by atoms with Crippen LogP contribution in [0.25, 0.3) is 0 Å². The zero-order valence-electron chi connectivity index (χ0n) is 7.20. The smallest absolute Gasteiger partial charge is 0.131 e. The summed E-state index contributed by atoms with van der Waals surface area (Å²) in [6.07, 6.45) is 6.52. The Morgan fingerprint density at radius 1 is 1.31 bits per heavy atom. The van der Waals surface area contributed by atoms with E-state index in [2.05, 4.69) is 22.5 Å². The molecule has 0 unspecified atom stereocenters. The zero-order valence-corrected chi connectivity index (χ0v) is 7.96. The lowest BCUT2D eigenvalue weighted by atomic mass is 10.2. The Morgan fingerprint density at radius 2 is 2.08 bits per heavy atom. The van der Waals surface area contributed by atoms with Gasteiger partial charge >= 0.3 is 0 Å². The molecule has 0 bridgehead atoms. The highest BCUT2D eigenvalue weighted by Gasteiger charge is 2.09. The number of nitrogens with zero attached hydrogens (tertiary/aromatic N) is 1. The number of rotatable bonds is 2. The molecular formula is C10H11ClN2. The maximum Gasteiger partial charge on any atom is 0.131 e. The van der Waals surface area contributed by atoms with E-state index in [0.717, 1.165) is 18.7 Å². The summed E-state index contributed by atoms with van der Waals surface area (Å²) >= 11 is 5.76. The first-order valence-corrected chi connectivity index (χ1v) is 4.76. The molecule has 1 heterocycles. The monoisotopic (exact) mass is 194 g/mol. The molecule has 1 aliphatic carbocycles. The SMILES string of the molecule is Clc1cccc(NC2CC=CC2)n1. The van der Waals surface area contributed by atoms with Gasteiger partial charge in [0.25, 0.3) is 0 Å². The van der Waals surface area contributed by atoms with Crippen LogP contribution in [0.3, 0.4) is 0 Å². The number of hydrogen-bond donors (Lipinski definition) is 1. The Balaban J connectivity index is 2.01. The first-order valence-electron chi connectivity index (χ1n) is 4.39. The average molecular weight is 195 g/mol. The van der Waals surface area contributed by atoms with Crippen LogP contribution in [0.5, 0.6) is 0 Å². The molecule has 2 nitrogen and oxygen atoms in total. The van der Waals surface area contributed by atoms with E-state index in [1.165, 1.54) is 0 Å². The second-order valence-corrected chi connectivity index (χ2v) is 3.52. The summed E-state index contributed by atoms with van der Waals surface area (Å²) in [6.45, 7) is 0. The molecule has 3 heteroatoms. The molecule has 0 atom stereocenters. The summed E-state index contributed by atoms with van der Waals surface area (Å²) in [7, 11) is 0. The van der Waals surface area contributed by atoms with Gasteiger partial charge in [-0.3, -0.25) is 0 Å². The van der Waals surface area contributed by atoms with Crippen molar-refractivity contribution in [1.82, 2.24) is 4.98 Å². The Hall–Kier alpha value is -1.02. The van der Waals surface area contributed by atoms with Crippen LogP contribution in [-0.4, -0.2) is 11.0 Å². The highest BCUT2D eigenvalue weighted by atomic mass is 35.5. The minimum Gasteiger partial charge on any atom is -0.367 e. The molecule has 2 rings (SSSR count). The largest absolute Gasteiger partial charge is 0.367 e. The van der Waals surface area contributed by atoms with Crippen molar-refractivity contribution >= 4 is 17.4 Å². The fourth-order valence-corrected chi connectivity index (χ4v) is 1.60. The summed E-state index contributed by atoms with van der Waals surface area (Å²) in [5.41, 5.74) is 0. The van der Waals surface area contributed by atoms with Crippen LogP contribution in [0.15, 0.2) is 30.4 Å². The molecule has 1 aromatic heterocycles. The molecule has 0 aliphatic heterocycles. The van der Waals surface area contributed by atoms with E-state index >= 15 is 0 Å². The fraction of sp³-hybridized carbons (Fsp3) is 0.300. The van der Waals surface area contributed by atoms with Crippen LogP contribution in [-0.2, 0) is 0 Å². The first kappa shape index (κ1) is 8.57. The van der Waals surface area contributed by atoms with Gasteiger partial charge < -0.3 is 5.32 Å². The molecule has 1 aliphatic rings. The summed E-state index contributed by atoms with van der Waals surface area (Å²) in [4.78, 5) is 4.16. The van der Waals surface area contributed by atoms with Crippen molar-refractivity contribution in [1.29, 1.82) is 0 Å². The van der Waals surface area contributed by atoms with E-state index in [-0.39, 0.29) is 0 Å². The Kier molecular flexibility index (Phi) is 2.50. The maximum absolute atomic E-state index is 5.76. The van der Waals surface area contributed by atoms with E-state index in [0.29, 0.717) is 11.2 Å². The lowest BCUT2D eigenvalue weighted by molar-refractivity contribution is 0.781. The van der Waals surface area contributed by atoms with Crippen molar-refractivity contribution < 1.29 is 0 Å². The van der Waals surface area contributed by atoms with E-state index in [9.17, 15) is 0 Å². The van der Waals surface area contributed by atoms with Crippen molar-refractivity contribution in [3.63, 3.8) is 0 Å². The van der Waals surface area contributed by atoms with Crippen molar-refractivity contribution in [2.45, 2.75) is 18.9 Å². The van der Waals surface area contributed by atoms with Gasteiger partial charge in [0.2, 0.25) is 0 Å². The average Bonchev–Trinajstić information content (AvgIpc) is 2.57. The van der Waals surface area contributed by atoms with Crippen molar-refractivity contribution in [3.05, 3.63) is 35.5 Å². The Morgan fingerprint density at radius 3 is 2.77 bits per heavy atom. The molecule has 0 spiro atoms. The second kappa shape index (κ2) is 3.79. The molecule has 0 saturated carbocycles. The number of aromatic nitrogens is 1. The minimum atomic E-state index is 0.492. The quantitative estimate of drug-likeness (QED) is 0.579. The molecule has 13 heavy (non-hydrogen) atoms. The molecule has 0 aromatic carbocycles. The van der Waals surface area contributed by atoms with Crippen LogP contribution >= 0.6 is 11.6 Å². The summed E-state index contributed by atoms with van der Waals surface area (Å²) in [6, 6.07) is 6.11. The van der Waals surface area contributed by atoms with Crippen LogP contribution in [0.4, 0.5) is 5.82 Å². The lowest BCUT2D eigenvalue weighted by Gasteiger charge is -2.12. The molecule has 0 radical (unpaired) electrons. The molecule has 1 aromatic rings. The van der Waals surface area contributed by atoms with E-state index < -0.39 is 0 Å². The van der Waals surface area contributed by atoms with Gasteiger partial charge in [-0.25, -0.2) is 4.98 Å². The van der Waals surface area contributed by atoms with E-state index in [1.807, 2.05) is 12.1 Å². The minimum absolute atomic E-state index is 0.492. The van der Waals surface area contributed by atoms with E-state index in [1.54, 1.807) is 6.07 Å². The molecule has 0 saturated heterocycles. The van der Waals surface area contributed by atoms with Gasteiger partial charge in [-0.15, -0.1) is 0 Å².